The van der Waals surface area contributed by atoms with E-state index in [0.29, 0.717) is 6.42 Å². The maximum atomic E-state index is 13.5. The summed E-state index contributed by atoms with van der Waals surface area (Å²) in [4.78, 5) is 1.95. The minimum Gasteiger partial charge on any atom is -0.488 e. The maximum absolute atomic E-state index is 13.5. The third kappa shape index (κ3) is 3.96. The van der Waals surface area contributed by atoms with Crippen LogP contribution >= 0.6 is 0 Å². The van der Waals surface area contributed by atoms with Gasteiger partial charge in [-0.3, -0.25) is 5.41 Å². The number of nitrogens with two attached hydrogens (primary N) is 1. The Morgan fingerprint density at radius 3 is 2.33 bits per heavy atom. The molecule has 100 valence electrons. The van der Waals surface area contributed by atoms with Crippen LogP contribution in [0.4, 0.5) is 8.78 Å². The SMILES string of the molecule is CN(C)CCCOc1c(F)cc(C(=N)N)cc1F. The van der Waals surface area contributed by atoms with Crippen molar-refractivity contribution in [1.82, 2.24) is 4.90 Å². The van der Waals surface area contributed by atoms with Crippen molar-refractivity contribution in [2.75, 3.05) is 27.2 Å². The lowest BCUT2D eigenvalue weighted by molar-refractivity contribution is 0.259. The molecule has 0 heterocycles. The summed E-state index contributed by atoms with van der Waals surface area (Å²) in [6, 6.07) is 1.99. The van der Waals surface area contributed by atoms with E-state index in [1.807, 2.05) is 19.0 Å². The van der Waals surface area contributed by atoms with Crippen molar-refractivity contribution in [3.05, 3.63) is 29.3 Å². The van der Waals surface area contributed by atoms with Crippen LogP contribution in [0, 0.1) is 17.0 Å². The second kappa shape index (κ2) is 6.30. The fourth-order valence-corrected chi connectivity index (χ4v) is 1.41. The summed E-state index contributed by atoms with van der Waals surface area (Å²) in [5, 5.41) is 7.11. The lowest BCUT2D eigenvalue weighted by atomic mass is 10.2. The molecule has 0 aliphatic carbocycles. The standard InChI is InChI=1S/C12H17F2N3O/c1-17(2)4-3-5-18-11-9(13)6-8(12(15)16)7-10(11)14/h6-7H,3-5H2,1-2H3,(H3,15,16). The molecule has 0 aliphatic heterocycles. The highest BCUT2D eigenvalue weighted by molar-refractivity contribution is 5.95. The van der Waals surface area contributed by atoms with Crippen LogP contribution in [0.3, 0.4) is 0 Å². The van der Waals surface area contributed by atoms with Gasteiger partial charge < -0.3 is 15.4 Å². The molecule has 0 amide bonds. The third-order valence-corrected chi connectivity index (χ3v) is 2.31. The van der Waals surface area contributed by atoms with Gasteiger partial charge in [-0.2, -0.15) is 0 Å². The van der Waals surface area contributed by atoms with E-state index in [4.69, 9.17) is 15.9 Å². The fourth-order valence-electron chi connectivity index (χ4n) is 1.41. The Labute approximate surface area is 105 Å². The van der Waals surface area contributed by atoms with Crippen LogP contribution in [-0.4, -0.2) is 38.0 Å². The van der Waals surface area contributed by atoms with E-state index < -0.39 is 17.4 Å². The van der Waals surface area contributed by atoms with E-state index in [0.717, 1.165) is 18.7 Å². The number of nitrogens with zero attached hydrogens (tertiary/aromatic N) is 1. The van der Waals surface area contributed by atoms with Crippen molar-refractivity contribution in [1.29, 1.82) is 5.41 Å². The molecule has 0 bridgehead atoms. The average Bonchev–Trinajstić information content (AvgIpc) is 2.26. The molecule has 1 aromatic carbocycles. The minimum atomic E-state index is -0.843. The summed E-state index contributed by atoms with van der Waals surface area (Å²) in [5.74, 6) is -2.49. The molecule has 0 radical (unpaired) electrons. The molecule has 0 fully saturated rings. The second-order valence-electron chi connectivity index (χ2n) is 4.19. The average molecular weight is 257 g/mol. The topological polar surface area (TPSA) is 62.3 Å². The van der Waals surface area contributed by atoms with E-state index in [9.17, 15) is 8.78 Å². The summed E-state index contributed by atoms with van der Waals surface area (Å²) in [5.41, 5.74) is 5.17. The highest BCUT2D eigenvalue weighted by Gasteiger charge is 2.13. The van der Waals surface area contributed by atoms with E-state index in [2.05, 4.69) is 0 Å². The van der Waals surface area contributed by atoms with Gasteiger partial charge in [-0.05, 0) is 32.6 Å². The molecule has 0 unspecified atom stereocenters. The molecule has 4 nitrogen and oxygen atoms in total. The first-order valence-electron chi connectivity index (χ1n) is 5.52. The molecular formula is C12H17F2N3O. The first-order valence-corrected chi connectivity index (χ1v) is 5.52. The molecule has 0 atom stereocenters. The minimum absolute atomic E-state index is 0.00522. The molecule has 6 heteroatoms. The normalized spacial score (nSPS) is 10.7. The molecule has 0 spiro atoms. The van der Waals surface area contributed by atoms with Crippen LogP contribution in [0.5, 0.6) is 5.75 Å². The molecule has 0 saturated heterocycles. The van der Waals surface area contributed by atoms with Crippen LogP contribution in [0.1, 0.15) is 12.0 Å². The number of hydrogen-bond donors (Lipinski definition) is 2. The van der Waals surface area contributed by atoms with Crippen LogP contribution in [0.25, 0.3) is 0 Å². The number of amidine groups is 1. The molecule has 0 aromatic heterocycles. The smallest absolute Gasteiger partial charge is 0.190 e. The van der Waals surface area contributed by atoms with Gasteiger partial charge in [0, 0.05) is 12.1 Å². The van der Waals surface area contributed by atoms with Gasteiger partial charge in [0.15, 0.2) is 17.4 Å². The van der Waals surface area contributed by atoms with Crippen LogP contribution in [0.15, 0.2) is 12.1 Å². The number of ether oxygens (including phenoxy) is 1. The van der Waals surface area contributed by atoms with E-state index in [-0.39, 0.29) is 18.0 Å². The summed E-state index contributed by atoms with van der Waals surface area (Å²) in [6.07, 6.45) is 0.667. The zero-order valence-corrected chi connectivity index (χ0v) is 10.5. The van der Waals surface area contributed by atoms with Gasteiger partial charge in [-0.25, -0.2) is 8.78 Å². The van der Waals surface area contributed by atoms with Gasteiger partial charge in [0.05, 0.1) is 6.61 Å². The Kier molecular flexibility index (Phi) is 5.03. The summed E-state index contributed by atoms with van der Waals surface area (Å²) in [6.45, 7) is 1.00. The van der Waals surface area contributed by atoms with Crippen molar-refractivity contribution >= 4 is 5.84 Å². The number of hydrogen-bond acceptors (Lipinski definition) is 3. The quantitative estimate of drug-likeness (QED) is 0.462. The van der Waals surface area contributed by atoms with Crippen molar-refractivity contribution in [2.45, 2.75) is 6.42 Å². The Bertz CT molecular complexity index is 412. The number of nitrogens with one attached hydrogen (secondary N) is 1. The van der Waals surface area contributed by atoms with Gasteiger partial charge in [0.1, 0.15) is 5.84 Å². The Balaban J connectivity index is 2.69. The highest BCUT2D eigenvalue weighted by Crippen LogP contribution is 2.23. The molecular weight excluding hydrogens is 240 g/mol. The number of halogens is 2. The first-order chi connectivity index (χ1) is 8.41. The van der Waals surface area contributed by atoms with E-state index in [1.165, 1.54) is 0 Å². The molecule has 18 heavy (non-hydrogen) atoms. The Morgan fingerprint density at radius 1 is 1.33 bits per heavy atom. The molecule has 3 N–H and O–H groups in total. The Hall–Kier alpha value is -1.69. The third-order valence-electron chi connectivity index (χ3n) is 2.31. The highest BCUT2D eigenvalue weighted by atomic mass is 19.1. The molecule has 0 saturated carbocycles. The largest absolute Gasteiger partial charge is 0.488 e. The first kappa shape index (κ1) is 14.4. The zero-order valence-electron chi connectivity index (χ0n) is 10.5. The molecule has 0 aliphatic rings. The zero-order chi connectivity index (χ0) is 13.7. The maximum Gasteiger partial charge on any atom is 0.190 e. The van der Waals surface area contributed by atoms with Crippen molar-refractivity contribution in [3.63, 3.8) is 0 Å². The van der Waals surface area contributed by atoms with E-state index >= 15 is 0 Å². The number of rotatable bonds is 6. The van der Waals surface area contributed by atoms with Gasteiger partial charge in [0.2, 0.25) is 0 Å². The van der Waals surface area contributed by atoms with Crippen LogP contribution < -0.4 is 10.5 Å². The van der Waals surface area contributed by atoms with Crippen LogP contribution in [0.2, 0.25) is 0 Å². The van der Waals surface area contributed by atoms with Crippen molar-refractivity contribution in [2.24, 2.45) is 5.73 Å². The van der Waals surface area contributed by atoms with E-state index in [1.54, 1.807) is 0 Å². The fraction of sp³-hybridized carbons (Fsp3) is 0.417. The lowest BCUT2D eigenvalue weighted by Crippen LogP contribution is -2.16. The van der Waals surface area contributed by atoms with Gasteiger partial charge in [0.25, 0.3) is 0 Å². The van der Waals surface area contributed by atoms with Gasteiger partial charge >= 0.3 is 0 Å². The number of benzene rings is 1. The predicted molar refractivity (Wildman–Crippen MR) is 66.0 cm³/mol. The second-order valence-corrected chi connectivity index (χ2v) is 4.19. The lowest BCUT2D eigenvalue weighted by Gasteiger charge is -2.12. The van der Waals surface area contributed by atoms with Crippen molar-refractivity contribution < 1.29 is 13.5 Å². The summed E-state index contributed by atoms with van der Waals surface area (Å²) >= 11 is 0. The molecule has 1 rings (SSSR count). The van der Waals surface area contributed by atoms with Gasteiger partial charge in [-0.1, -0.05) is 0 Å². The summed E-state index contributed by atoms with van der Waals surface area (Å²) < 4.78 is 32.1. The predicted octanol–water partition coefficient (Wildman–Crippen LogP) is 1.58. The number of nitrogen functional groups attached to an aromatic ring is 1. The monoisotopic (exact) mass is 257 g/mol. The van der Waals surface area contributed by atoms with Crippen molar-refractivity contribution in [3.8, 4) is 5.75 Å². The molecule has 1 aromatic rings. The Morgan fingerprint density at radius 2 is 1.89 bits per heavy atom. The summed E-state index contributed by atoms with van der Waals surface area (Å²) in [7, 11) is 3.81. The van der Waals surface area contributed by atoms with Gasteiger partial charge in [-0.15, -0.1) is 0 Å². The van der Waals surface area contributed by atoms with Crippen LogP contribution in [-0.2, 0) is 0 Å².